The maximum atomic E-state index is 13.4. The number of benzene rings is 2. The molecule has 0 radical (unpaired) electrons. The fraction of sp³-hybridized carbons (Fsp3) is 0.407. The van der Waals surface area contributed by atoms with Crippen LogP contribution in [0, 0.1) is 0 Å². The number of unbranched alkanes of at least 4 members (excludes halogenated alkanes) is 1. The molecule has 1 saturated heterocycles. The van der Waals surface area contributed by atoms with Crippen molar-refractivity contribution in [2.24, 2.45) is 5.73 Å². The van der Waals surface area contributed by atoms with E-state index in [1.54, 1.807) is 23.1 Å². The number of sulfone groups is 1. The molecule has 208 valence electrons. The van der Waals surface area contributed by atoms with Gasteiger partial charge in [0.05, 0.1) is 18.1 Å². The second kappa shape index (κ2) is 16.3. The minimum Gasteiger partial charge on any atom is -0.378 e. The van der Waals surface area contributed by atoms with Gasteiger partial charge in [0.25, 0.3) is 0 Å². The van der Waals surface area contributed by atoms with Gasteiger partial charge in [-0.2, -0.15) is 0 Å². The Bertz CT molecular complexity index is 1130. The van der Waals surface area contributed by atoms with Crippen LogP contribution in [0.5, 0.6) is 0 Å². The second-order valence-corrected chi connectivity index (χ2v) is 10.7. The summed E-state index contributed by atoms with van der Waals surface area (Å²) in [6, 6.07) is 15.8. The molecule has 2 aromatic rings. The molecule has 2 atom stereocenters. The molecule has 3 amide bonds. The minimum absolute atomic E-state index is 0. The van der Waals surface area contributed by atoms with Crippen molar-refractivity contribution in [3.63, 3.8) is 0 Å². The maximum absolute atomic E-state index is 13.4. The predicted octanol–water partition coefficient (Wildman–Crippen LogP) is 2.82. The molecule has 4 N–H and O–H groups in total. The Morgan fingerprint density at radius 2 is 1.61 bits per heavy atom. The summed E-state index contributed by atoms with van der Waals surface area (Å²) in [5.74, 6) is -0.384. The van der Waals surface area contributed by atoms with Crippen LogP contribution in [-0.4, -0.2) is 70.2 Å². The maximum Gasteiger partial charge on any atom is 0.318 e. The number of carbonyl (C=O) groups is 2. The highest BCUT2D eigenvalue weighted by atomic mass is 79.9. The second-order valence-electron chi connectivity index (χ2n) is 8.88. The van der Waals surface area contributed by atoms with Crippen LogP contribution in [0.15, 0.2) is 77.0 Å². The largest absolute Gasteiger partial charge is 0.378 e. The molecule has 38 heavy (non-hydrogen) atoms. The molecule has 0 bridgehead atoms. The van der Waals surface area contributed by atoms with Gasteiger partial charge < -0.3 is 26.0 Å². The topological polar surface area (TPSA) is 131 Å². The Kier molecular flexibility index (Phi) is 13.5. The van der Waals surface area contributed by atoms with Crippen molar-refractivity contribution in [3.8, 4) is 0 Å². The van der Waals surface area contributed by atoms with Crippen molar-refractivity contribution in [1.29, 1.82) is 0 Å². The van der Waals surface area contributed by atoms with Crippen LogP contribution in [0.3, 0.4) is 0 Å². The number of rotatable bonds is 12. The normalized spacial score (nSPS) is 15.3. The number of nitrogens with zero attached hydrogens (tertiary/aromatic N) is 1. The molecule has 1 fully saturated rings. The number of halogens is 1. The highest BCUT2D eigenvalue weighted by Gasteiger charge is 2.26. The zero-order valence-electron chi connectivity index (χ0n) is 21.3. The zero-order chi connectivity index (χ0) is 26.5. The average molecular weight is 610 g/mol. The summed E-state index contributed by atoms with van der Waals surface area (Å²) in [6.07, 6.45) is 3.76. The van der Waals surface area contributed by atoms with Crippen molar-refractivity contribution in [3.05, 3.63) is 77.7 Å². The first-order chi connectivity index (χ1) is 17.9. The number of hydrogen-bond acceptors (Lipinski definition) is 6. The Hall–Kier alpha value is -2.73. The molecular formula is C27H37BrN4O5S. The van der Waals surface area contributed by atoms with Gasteiger partial charge in [-0.3, -0.25) is 4.79 Å². The third kappa shape index (κ3) is 10.2. The van der Waals surface area contributed by atoms with Crippen molar-refractivity contribution in [1.82, 2.24) is 15.5 Å². The smallest absolute Gasteiger partial charge is 0.318 e. The van der Waals surface area contributed by atoms with E-state index >= 15 is 0 Å². The molecule has 0 aromatic heterocycles. The molecule has 0 aliphatic carbocycles. The molecule has 9 nitrogen and oxygen atoms in total. The van der Waals surface area contributed by atoms with Gasteiger partial charge in [-0.15, -0.1) is 17.0 Å². The molecular weight excluding hydrogens is 572 g/mol. The van der Waals surface area contributed by atoms with Gasteiger partial charge in [0.2, 0.25) is 5.91 Å². The number of nitrogens with one attached hydrogen (secondary N) is 2. The summed E-state index contributed by atoms with van der Waals surface area (Å²) in [5.41, 5.74) is 6.53. The molecule has 11 heteroatoms. The Morgan fingerprint density at radius 3 is 2.24 bits per heavy atom. The van der Waals surface area contributed by atoms with Gasteiger partial charge in [0, 0.05) is 31.0 Å². The minimum atomic E-state index is -3.67. The van der Waals surface area contributed by atoms with Gasteiger partial charge in [-0.1, -0.05) is 54.6 Å². The third-order valence-corrected chi connectivity index (χ3v) is 7.50. The van der Waals surface area contributed by atoms with E-state index < -0.39 is 21.9 Å². The van der Waals surface area contributed by atoms with E-state index in [-0.39, 0.29) is 33.8 Å². The molecule has 3 rings (SSSR count). The lowest BCUT2D eigenvalue weighted by molar-refractivity contribution is -0.123. The summed E-state index contributed by atoms with van der Waals surface area (Å²) in [4.78, 5) is 28.1. The molecule has 1 heterocycles. The highest BCUT2D eigenvalue weighted by molar-refractivity contribution is 8.93. The van der Waals surface area contributed by atoms with Crippen LogP contribution in [-0.2, 0) is 25.8 Å². The summed E-state index contributed by atoms with van der Waals surface area (Å²) in [7, 11) is -3.67. The lowest BCUT2D eigenvalue weighted by Crippen LogP contribution is -2.55. The van der Waals surface area contributed by atoms with Crippen LogP contribution in [0.1, 0.15) is 24.8 Å². The first-order valence-corrected chi connectivity index (χ1v) is 14.1. The molecule has 0 saturated carbocycles. The van der Waals surface area contributed by atoms with E-state index in [1.165, 1.54) is 18.2 Å². The van der Waals surface area contributed by atoms with Gasteiger partial charge in [-0.05, 0) is 43.5 Å². The number of hydrogen-bond donors (Lipinski definition) is 3. The molecule has 1 aliphatic heterocycles. The monoisotopic (exact) mass is 608 g/mol. The fourth-order valence-electron chi connectivity index (χ4n) is 3.96. The third-order valence-electron chi connectivity index (χ3n) is 6.05. The Balaban J connectivity index is 0.00000507. The van der Waals surface area contributed by atoms with Crippen LogP contribution < -0.4 is 16.4 Å². The summed E-state index contributed by atoms with van der Waals surface area (Å²) in [5, 5.41) is 6.94. The fourth-order valence-corrected chi connectivity index (χ4v) is 5.05. The van der Waals surface area contributed by atoms with E-state index in [0.29, 0.717) is 52.1 Å². The predicted molar refractivity (Wildman–Crippen MR) is 153 cm³/mol. The van der Waals surface area contributed by atoms with Crippen LogP contribution in [0.4, 0.5) is 4.79 Å². The lowest BCUT2D eigenvalue weighted by Gasteiger charge is -2.29. The average Bonchev–Trinajstić information content (AvgIpc) is 2.93. The molecule has 0 unspecified atom stereocenters. The Morgan fingerprint density at radius 1 is 0.974 bits per heavy atom. The van der Waals surface area contributed by atoms with Crippen LogP contribution in [0.25, 0.3) is 0 Å². The number of amides is 3. The quantitative estimate of drug-likeness (QED) is 0.318. The molecule has 1 aliphatic rings. The summed E-state index contributed by atoms with van der Waals surface area (Å²) >= 11 is 0. The molecule has 2 aromatic carbocycles. The highest BCUT2D eigenvalue weighted by Crippen LogP contribution is 2.13. The number of nitrogens with two attached hydrogens (primary N) is 1. The summed E-state index contributed by atoms with van der Waals surface area (Å²) < 4.78 is 30.8. The van der Waals surface area contributed by atoms with Gasteiger partial charge >= 0.3 is 6.03 Å². The van der Waals surface area contributed by atoms with E-state index in [4.69, 9.17) is 10.5 Å². The van der Waals surface area contributed by atoms with Gasteiger partial charge in [-0.25, -0.2) is 13.2 Å². The van der Waals surface area contributed by atoms with E-state index in [0.717, 1.165) is 17.4 Å². The van der Waals surface area contributed by atoms with Crippen LogP contribution >= 0.6 is 17.0 Å². The number of morpholine rings is 1. The number of urea groups is 1. The van der Waals surface area contributed by atoms with Crippen LogP contribution in [0.2, 0.25) is 0 Å². The van der Waals surface area contributed by atoms with Crippen molar-refractivity contribution in [2.75, 3.05) is 32.8 Å². The van der Waals surface area contributed by atoms with Gasteiger partial charge in [0.1, 0.15) is 6.04 Å². The molecule has 0 spiro atoms. The van der Waals surface area contributed by atoms with Gasteiger partial charge in [0.15, 0.2) is 9.84 Å². The SMILES string of the molecule is Br.NCCCC[C@@H](/C=C/S(=O)(=O)c1ccccc1)NC(=O)[C@H](Cc1ccccc1)NC(=O)N1CCOCC1. The van der Waals surface area contributed by atoms with E-state index in [2.05, 4.69) is 10.6 Å². The zero-order valence-corrected chi connectivity index (χ0v) is 23.9. The first-order valence-electron chi connectivity index (χ1n) is 12.5. The van der Waals surface area contributed by atoms with E-state index in [9.17, 15) is 18.0 Å². The first kappa shape index (κ1) is 31.5. The van der Waals surface area contributed by atoms with Crippen molar-refractivity contribution < 1.29 is 22.7 Å². The van der Waals surface area contributed by atoms with Crippen molar-refractivity contribution in [2.45, 2.75) is 42.7 Å². The summed E-state index contributed by atoms with van der Waals surface area (Å²) in [6.45, 7) is 2.30. The number of carbonyl (C=O) groups excluding carboxylic acids is 2. The Labute approximate surface area is 235 Å². The number of ether oxygens (including phenoxy) is 1. The lowest BCUT2D eigenvalue weighted by atomic mass is 10.0. The van der Waals surface area contributed by atoms with E-state index in [1.807, 2.05) is 30.3 Å². The van der Waals surface area contributed by atoms with Crippen molar-refractivity contribution >= 4 is 38.8 Å². The standard InChI is InChI=1S/C27H36N4O5S.BrH/c28-15-8-7-11-23(14-20-37(34,35)24-12-5-2-6-13-24)29-26(32)25(21-22-9-3-1-4-10-22)30-27(33)31-16-18-36-19-17-31;/h1-6,9-10,12-14,20,23,25H,7-8,11,15-19,21,28H2,(H,29,32)(H,30,33);1H/b20-14+;/t23-,25-;/m0./s1.